The third-order valence-electron chi connectivity index (χ3n) is 2.87. The molecule has 0 fully saturated rings. The second kappa shape index (κ2) is 8.09. The zero-order chi connectivity index (χ0) is 17.7. The van der Waals surface area contributed by atoms with Crippen LogP contribution < -0.4 is 5.32 Å². The summed E-state index contributed by atoms with van der Waals surface area (Å²) in [7, 11) is 0. The lowest BCUT2D eigenvalue weighted by Crippen LogP contribution is -2.25. The minimum absolute atomic E-state index is 0.0705. The number of hydrogen-bond donors (Lipinski definition) is 1. The van der Waals surface area contributed by atoms with Crippen molar-refractivity contribution in [1.82, 2.24) is 10.3 Å². The van der Waals surface area contributed by atoms with Gasteiger partial charge in [0.15, 0.2) is 0 Å². The standard InChI is InChI=1S/C15H11Cl2F3N2OS/c16-11-3-1-9(2-4-11)13(23)21-5-6-24-14-12(17)7-10(8-22-14)15(18,19)20/h1-4,7-8H,5-6H2,(H,21,23). The van der Waals surface area contributed by atoms with Crippen molar-refractivity contribution < 1.29 is 18.0 Å². The number of rotatable bonds is 5. The van der Waals surface area contributed by atoms with E-state index in [1.165, 1.54) is 0 Å². The molecule has 1 aromatic heterocycles. The number of pyridine rings is 1. The van der Waals surface area contributed by atoms with Crippen LogP contribution in [-0.4, -0.2) is 23.2 Å². The Hall–Kier alpha value is -1.44. The number of benzene rings is 1. The molecule has 2 rings (SSSR count). The van der Waals surface area contributed by atoms with Gasteiger partial charge in [0.1, 0.15) is 5.03 Å². The highest BCUT2D eigenvalue weighted by Gasteiger charge is 2.31. The molecule has 2 aromatic rings. The summed E-state index contributed by atoms with van der Waals surface area (Å²) in [5.74, 6) is 0.149. The fourth-order valence-corrected chi connectivity index (χ4v) is 2.88. The zero-order valence-electron chi connectivity index (χ0n) is 12.0. The maximum Gasteiger partial charge on any atom is 0.417 e. The lowest BCUT2D eigenvalue weighted by Gasteiger charge is -2.09. The molecule has 0 aliphatic rings. The van der Waals surface area contributed by atoms with Gasteiger partial charge in [-0.2, -0.15) is 13.2 Å². The normalized spacial score (nSPS) is 11.4. The molecule has 0 atom stereocenters. The first-order chi connectivity index (χ1) is 11.3. The van der Waals surface area contributed by atoms with Gasteiger partial charge in [-0.3, -0.25) is 4.79 Å². The SMILES string of the molecule is O=C(NCCSc1ncc(C(F)(F)F)cc1Cl)c1ccc(Cl)cc1. The average Bonchev–Trinajstić information content (AvgIpc) is 2.52. The van der Waals surface area contributed by atoms with Gasteiger partial charge in [0.25, 0.3) is 5.91 Å². The molecule has 0 saturated carbocycles. The minimum atomic E-state index is -4.48. The van der Waals surface area contributed by atoms with E-state index in [2.05, 4.69) is 10.3 Å². The molecule has 9 heteroatoms. The van der Waals surface area contributed by atoms with Gasteiger partial charge < -0.3 is 5.32 Å². The summed E-state index contributed by atoms with van der Waals surface area (Å²) in [6.07, 6.45) is -3.74. The van der Waals surface area contributed by atoms with E-state index in [-0.39, 0.29) is 16.0 Å². The number of nitrogens with one attached hydrogen (secondary N) is 1. The van der Waals surface area contributed by atoms with Crippen LogP contribution >= 0.6 is 35.0 Å². The summed E-state index contributed by atoms with van der Waals surface area (Å²) in [5.41, 5.74) is -0.428. The number of carbonyl (C=O) groups excluding carboxylic acids is 1. The Morgan fingerprint density at radius 2 is 1.88 bits per heavy atom. The molecule has 0 bridgehead atoms. The van der Waals surface area contributed by atoms with E-state index in [9.17, 15) is 18.0 Å². The second-order valence-corrected chi connectivity index (χ2v) is 6.55. The van der Waals surface area contributed by atoms with Crippen LogP contribution in [0.4, 0.5) is 13.2 Å². The maximum atomic E-state index is 12.5. The summed E-state index contributed by atoms with van der Waals surface area (Å²) >= 11 is 12.7. The number of nitrogens with zero attached hydrogens (tertiary/aromatic N) is 1. The van der Waals surface area contributed by atoms with Gasteiger partial charge in [-0.05, 0) is 30.3 Å². The number of thioether (sulfide) groups is 1. The molecule has 0 spiro atoms. The Kier molecular flexibility index (Phi) is 6.37. The quantitative estimate of drug-likeness (QED) is 0.577. The summed E-state index contributed by atoms with van der Waals surface area (Å²) < 4.78 is 37.6. The lowest BCUT2D eigenvalue weighted by molar-refractivity contribution is -0.137. The van der Waals surface area contributed by atoms with Crippen LogP contribution in [0.1, 0.15) is 15.9 Å². The first-order valence-electron chi connectivity index (χ1n) is 6.66. The molecule has 0 aliphatic carbocycles. The Morgan fingerprint density at radius 1 is 1.21 bits per heavy atom. The van der Waals surface area contributed by atoms with Crippen molar-refractivity contribution >= 4 is 40.9 Å². The van der Waals surface area contributed by atoms with E-state index in [1.54, 1.807) is 24.3 Å². The van der Waals surface area contributed by atoms with Crippen molar-refractivity contribution in [3.8, 4) is 0 Å². The van der Waals surface area contributed by atoms with Crippen molar-refractivity contribution in [2.45, 2.75) is 11.2 Å². The predicted octanol–water partition coefficient (Wildman–Crippen LogP) is 4.93. The monoisotopic (exact) mass is 394 g/mol. The molecule has 0 saturated heterocycles. The topological polar surface area (TPSA) is 42.0 Å². The van der Waals surface area contributed by atoms with Gasteiger partial charge in [0.2, 0.25) is 0 Å². The fourth-order valence-electron chi connectivity index (χ4n) is 1.70. The fraction of sp³-hybridized carbons (Fsp3) is 0.200. The van der Waals surface area contributed by atoms with E-state index in [1.807, 2.05) is 0 Å². The first kappa shape index (κ1) is 18.9. The van der Waals surface area contributed by atoms with E-state index >= 15 is 0 Å². The predicted molar refractivity (Wildman–Crippen MR) is 88.8 cm³/mol. The molecule has 24 heavy (non-hydrogen) atoms. The lowest BCUT2D eigenvalue weighted by atomic mass is 10.2. The smallest absolute Gasteiger partial charge is 0.351 e. The largest absolute Gasteiger partial charge is 0.417 e. The molecular formula is C15H11Cl2F3N2OS. The molecule has 128 valence electrons. The van der Waals surface area contributed by atoms with Gasteiger partial charge in [-0.25, -0.2) is 4.98 Å². The van der Waals surface area contributed by atoms with Crippen LogP contribution in [0.15, 0.2) is 41.6 Å². The molecule has 1 N–H and O–H groups in total. The number of amides is 1. The molecule has 0 unspecified atom stereocenters. The minimum Gasteiger partial charge on any atom is -0.351 e. The molecule has 1 amide bonds. The van der Waals surface area contributed by atoms with Crippen molar-refractivity contribution in [3.05, 3.63) is 57.7 Å². The molecule has 0 radical (unpaired) electrons. The highest BCUT2D eigenvalue weighted by atomic mass is 35.5. The van der Waals surface area contributed by atoms with Gasteiger partial charge in [0.05, 0.1) is 10.6 Å². The van der Waals surface area contributed by atoms with Crippen LogP contribution in [0.5, 0.6) is 0 Å². The third-order valence-corrected chi connectivity index (χ3v) is 4.53. The molecule has 0 aliphatic heterocycles. The molecule has 1 heterocycles. The number of halogens is 5. The zero-order valence-corrected chi connectivity index (χ0v) is 14.4. The summed E-state index contributed by atoms with van der Waals surface area (Å²) in [6.45, 7) is 0.311. The number of carbonyl (C=O) groups is 1. The Balaban J connectivity index is 1.84. The van der Waals surface area contributed by atoms with Gasteiger partial charge in [0, 0.05) is 29.1 Å². The summed E-state index contributed by atoms with van der Waals surface area (Å²) in [4.78, 5) is 15.6. The van der Waals surface area contributed by atoms with E-state index < -0.39 is 11.7 Å². The highest BCUT2D eigenvalue weighted by Crippen LogP contribution is 2.33. The van der Waals surface area contributed by atoms with Gasteiger partial charge >= 0.3 is 6.18 Å². The van der Waals surface area contributed by atoms with Crippen molar-refractivity contribution in [2.75, 3.05) is 12.3 Å². The van der Waals surface area contributed by atoms with E-state index in [0.29, 0.717) is 22.9 Å². The number of alkyl halides is 3. The van der Waals surface area contributed by atoms with Crippen molar-refractivity contribution in [1.29, 1.82) is 0 Å². The van der Waals surface area contributed by atoms with Crippen molar-refractivity contribution in [2.24, 2.45) is 0 Å². The summed E-state index contributed by atoms with van der Waals surface area (Å²) in [6, 6.07) is 7.25. The number of aromatic nitrogens is 1. The van der Waals surface area contributed by atoms with Crippen LogP contribution in [0.25, 0.3) is 0 Å². The molecule has 3 nitrogen and oxygen atoms in total. The maximum absolute atomic E-state index is 12.5. The Morgan fingerprint density at radius 3 is 2.46 bits per heavy atom. The third kappa shape index (κ3) is 5.29. The van der Waals surface area contributed by atoms with Gasteiger partial charge in [-0.1, -0.05) is 23.2 Å². The van der Waals surface area contributed by atoms with Crippen LogP contribution in [0.2, 0.25) is 10.0 Å². The van der Waals surface area contributed by atoms with E-state index in [0.717, 1.165) is 24.0 Å². The van der Waals surface area contributed by atoms with E-state index in [4.69, 9.17) is 23.2 Å². The summed E-state index contributed by atoms with van der Waals surface area (Å²) in [5, 5.41) is 3.43. The Bertz CT molecular complexity index is 724. The average molecular weight is 395 g/mol. The molecule has 1 aromatic carbocycles. The first-order valence-corrected chi connectivity index (χ1v) is 8.41. The number of hydrogen-bond acceptors (Lipinski definition) is 3. The van der Waals surface area contributed by atoms with Crippen molar-refractivity contribution in [3.63, 3.8) is 0 Å². The second-order valence-electron chi connectivity index (χ2n) is 4.62. The Labute approximate surface area is 150 Å². The highest BCUT2D eigenvalue weighted by molar-refractivity contribution is 7.99. The molecular weight excluding hydrogens is 384 g/mol. The van der Waals surface area contributed by atoms with Crippen LogP contribution in [0, 0.1) is 0 Å². The van der Waals surface area contributed by atoms with Crippen LogP contribution in [0.3, 0.4) is 0 Å². The van der Waals surface area contributed by atoms with Crippen LogP contribution in [-0.2, 0) is 6.18 Å². The van der Waals surface area contributed by atoms with Gasteiger partial charge in [-0.15, -0.1) is 11.8 Å².